The van der Waals surface area contributed by atoms with Crippen LogP contribution in [-0.2, 0) is 0 Å². The molecule has 4 atom stereocenters. The molecule has 3 aliphatic heterocycles. The van der Waals surface area contributed by atoms with Gasteiger partial charge in [0, 0.05) is 25.2 Å². The van der Waals surface area contributed by atoms with Gasteiger partial charge in [-0.1, -0.05) is 0 Å². The van der Waals surface area contributed by atoms with Gasteiger partial charge in [0.05, 0.1) is 0 Å². The molecule has 0 aromatic rings. The zero-order chi connectivity index (χ0) is 11.1. The van der Waals surface area contributed by atoms with Crippen molar-refractivity contribution in [3.63, 3.8) is 0 Å². The van der Waals surface area contributed by atoms with Crippen LogP contribution < -0.4 is 5.32 Å². The topological polar surface area (TPSA) is 18.5 Å². The zero-order valence-corrected chi connectivity index (χ0v) is 10.7. The van der Waals surface area contributed by atoms with E-state index in [-0.39, 0.29) is 0 Å². The highest BCUT2D eigenvalue weighted by atomic mass is 15.3. The Kier molecular flexibility index (Phi) is 2.94. The molecule has 0 radical (unpaired) electrons. The Morgan fingerprint density at radius 2 is 2.06 bits per heavy atom. The number of likely N-dealkylation sites (tertiary alicyclic amines) is 2. The quantitative estimate of drug-likeness (QED) is 0.703. The lowest BCUT2D eigenvalue weighted by Gasteiger charge is -2.39. The molecule has 0 aliphatic carbocycles. The molecule has 0 bridgehead atoms. The fourth-order valence-corrected chi connectivity index (χ4v) is 4.09. The lowest BCUT2D eigenvalue weighted by Crippen LogP contribution is -2.49. The van der Waals surface area contributed by atoms with Gasteiger partial charge in [0.15, 0.2) is 0 Å². The first-order valence-corrected chi connectivity index (χ1v) is 6.90. The van der Waals surface area contributed by atoms with Crippen LogP contribution in [0.25, 0.3) is 0 Å². The Hall–Kier alpha value is -0.120. The molecule has 3 fully saturated rings. The molecule has 4 unspecified atom stereocenters. The minimum absolute atomic E-state index is 0.802. The average Bonchev–Trinajstić information content (AvgIpc) is 2.82. The molecule has 16 heavy (non-hydrogen) atoms. The van der Waals surface area contributed by atoms with Gasteiger partial charge < -0.3 is 10.2 Å². The molecule has 3 aliphatic rings. The summed E-state index contributed by atoms with van der Waals surface area (Å²) < 4.78 is 0. The van der Waals surface area contributed by atoms with Crippen LogP contribution >= 0.6 is 0 Å². The maximum absolute atomic E-state index is 3.55. The monoisotopic (exact) mass is 223 g/mol. The number of rotatable bonds is 1. The molecule has 0 amide bonds. The maximum Gasteiger partial charge on any atom is 0.0226 e. The Labute approximate surface area is 99.2 Å². The first kappa shape index (κ1) is 11.0. The smallest absolute Gasteiger partial charge is 0.0226 e. The van der Waals surface area contributed by atoms with Crippen LogP contribution in [-0.4, -0.2) is 61.7 Å². The van der Waals surface area contributed by atoms with E-state index in [0.717, 1.165) is 23.9 Å². The predicted molar refractivity (Wildman–Crippen MR) is 66.5 cm³/mol. The molecular formula is C13H25N3. The summed E-state index contributed by atoms with van der Waals surface area (Å²) in [7, 11) is 2.27. The first-order valence-electron chi connectivity index (χ1n) is 6.90. The van der Waals surface area contributed by atoms with Crippen molar-refractivity contribution in [2.45, 2.75) is 31.8 Å². The second-order valence-corrected chi connectivity index (χ2v) is 6.08. The average molecular weight is 223 g/mol. The van der Waals surface area contributed by atoms with Gasteiger partial charge in [0.1, 0.15) is 0 Å². The molecule has 3 heteroatoms. The van der Waals surface area contributed by atoms with E-state index in [1.54, 1.807) is 0 Å². The fourth-order valence-electron chi connectivity index (χ4n) is 4.09. The van der Waals surface area contributed by atoms with Crippen molar-refractivity contribution >= 4 is 0 Å². The van der Waals surface area contributed by atoms with Crippen LogP contribution in [0.3, 0.4) is 0 Å². The van der Waals surface area contributed by atoms with Crippen molar-refractivity contribution in [3.8, 4) is 0 Å². The number of hydrogen-bond acceptors (Lipinski definition) is 3. The van der Waals surface area contributed by atoms with Crippen molar-refractivity contribution in [2.75, 3.05) is 39.8 Å². The number of fused-ring (bicyclic) bond motifs is 1. The Morgan fingerprint density at radius 3 is 2.81 bits per heavy atom. The second-order valence-electron chi connectivity index (χ2n) is 6.08. The summed E-state index contributed by atoms with van der Waals surface area (Å²) in [5, 5.41) is 3.55. The Balaban J connectivity index is 1.67. The van der Waals surface area contributed by atoms with Gasteiger partial charge in [0.25, 0.3) is 0 Å². The molecule has 3 heterocycles. The summed E-state index contributed by atoms with van der Waals surface area (Å²) in [5.74, 6) is 1.86. The summed E-state index contributed by atoms with van der Waals surface area (Å²) in [4.78, 5) is 5.32. The number of nitrogens with one attached hydrogen (secondary N) is 1. The third-order valence-electron chi connectivity index (χ3n) is 5.05. The lowest BCUT2D eigenvalue weighted by molar-refractivity contribution is 0.0972. The summed E-state index contributed by atoms with van der Waals surface area (Å²) in [5.41, 5.74) is 0. The molecule has 92 valence electrons. The molecule has 3 nitrogen and oxygen atoms in total. The van der Waals surface area contributed by atoms with Gasteiger partial charge in [-0.3, -0.25) is 4.90 Å². The van der Waals surface area contributed by atoms with E-state index in [1.807, 2.05) is 0 Å². The lowest BCUT2D eigenvalue weighted by atomic mass is 9.95. The first-order chi connectivity index (χ1) is 7.75. The van der Waals surface area contributed by atoms with Crippen molar-refractivity contribution in [3.05, 3.63) is 0 Å². The number of piperidine rings is 1. The molecule has 3 rings (SSSR count). The fraction of sp³-hybridized carbons (Fsp3) is 1.00. The van der Waals surface area contributed by atoms with Gasteiger partial charge >= 0.3 is 0 Å². The minimum Gasteiger partial charge on any atom is -0.316 e. The molecule has 3 saturated heterocycles. The van der Waals surface area contributed by atoms with E-state index in [2.05, 4.69) is 29.1 Å². The van der Waals surface area contributed by atoms with E-state index in [1.165, 1.54) is 45.6 Å². The SMILES string of the molecule is CC1C2CNCC2CN1C1CCCN(C)C1. The largest absolute Gasteiger partial charge is 0.316 e. The van der Waals surface area contributed by atoms with E-state index >= 15 is 0 Å². The highest BCUT2D eigenvalue weighted by molar-refractivity contribution is 4.99. The molecular weight excluding hydrogens is 198 g/mol. The van der Waals surface area contributed by atoms with E-state index in [0.29, 0.717) is 0 Å². The van der Waals surface area contributed by atoms with Crippen LogP contribution in [0.1, 0.15) is 19.8 Å². The van der Waals surface area contributed by atoms with Crippen molar-refractivity contribution in [2.24, 2.45) is 11.8 Å². The Morgan fingerprint density at radius 1 is 1.19 bits per heavy atom. The van der Waals surface area contributed by atoms with Crippen LogP contribution in [0.5, 0.6) is 0 Å². The van der Waals surface area contributed by atoms with Crippen LogP contribution in [0.15, 0.2) is 0 Å². The zero-order valence-electron chi connectivity index (χ0n) is 10.7. The van der Waals surface area contributed by atoms with Crippen molar-refractivity contribution in [1.29, 1.82) is 0 Å². The van der Waals surface area contributed by atoms with Crippen LogP contribution in [0.4, 0.5) is 0 Å². The predicted octanol–water partition coefficient (Wildman–Crippen LogP) is 0.620. The highest BCUT2D eigenvalue weighted by Crippen LogP contribution is 2.35. The Bertz CT molecular complexity index is 256. The van der Waals surface area contributed by atoms with E-state index in [4.69, 9.17) is 0 Å². The highest BCUT2D eigenvalue weighted by Gasteiger charge is 2.44. The number of nitrogens with zero attached hydrogens (tertiary/aromatic N) is 2. The third-order valence-corrected chi connectivity index (χ3v) is 5.05. The minimum atomic E-state index is 0.802. The summed E-state index contributed by atoms with van der Waals surface area (Å²) in [6.07, 6.45) is 2.81. The molecule has 0 saturated carbocycles. The van der Waals surface area contributed by atoms with Crippen molar-refractivity contribution < 1.29 is 0 Å². The van der Waals surface area contributed by atoms with Gasteiger partial charge in [-0.25, -0.2) is 0 Å². The molecule has 0 aromatic carbocycles. The standard InChI is InChI=1S/C13H25N3/c1-10-13-7-14-6-11(13)8-16(10)12-4-3-5-15(2)9-12/h10-14H,3-9H2,1-2H3. The summed E-state index contributed by atoms with van der Waals surface area (Å²) >= 11 is 0. The van der Waals surface area contributed by atoms with E-state index < -0.39 is 0 Å². The molecule has 1 N–H and O–H groups in total. The van der Waals surface area contributed by atoms with Crippen LogP contribution in [0.2, 0.25) is 0 Å². The number of hydrogen-bond donors (Lipinski definition) is 1. The van der Waals surface area contributed by atoms with Crippen LogP contribution in [0, 0.1) is 11.8 Å². The van der Waals surface area contributed by atoms with Gasteiger partial charge in [-0.2, -0.15) is 0 Å². The summed E-state index contributed by atoms with van der Waals surface area (Å²) in [6.45, 7) is 8.90. The van der Waals surface area contributed by atoms with Crippen molar-refractivity contribution in [1.82, 2.24) is 15.1 Å². The van der Waals surface area contributed by atoms with Gasteiger partial charge in [0.2, 0.25) is 0 Å². The normalized spacial score (nSPS) is 46.1. The van der Waals surface area contributed by atoms with E-state index in [9.17, 15) is 0 Å². The molecule has 0 aromatic heterocycles. The molecule has 0 spiro atoms. The van der Waals surface area contributed by atoms with Gasteiger partial charge in [-0.05, 0) is 58.3 Å². The summed E-state index contributed by atoms with van der Waals surface area (Å²) in [6, 6.07) is 1.64. The third kappa shape index (κ3) is 1.79. The maximum atomic E-state index is 3.55. The second kappa shape index (κ2) is 4.28. The van der Waals surface area contributed by atoms with Gasteiger partial charge in [-0.15, -0.1) is 0 Å². The number of likely N-dealkylation sites (N-methyl/N-ethyl adjacent to an activating group) is 1.